The predicted octanol–water partition coefficient (Wildman–Crippen LogP) is 6.04. The number of carbonyl (C=O) groups excluding carboxylic acids is 4. The van der Waals surface area contributed by atoms with E-state index in [0.29, 0.717) is 101 Å². The molecule has 2 aromatic carbocycles. The Morgan fingerprint density at radius 2 is 1.55 bits per heavy atom. The number of rotatable bonds is 18. The molecule has 1 fully saturated rings. The summed E-state index contributed by atoms with van der Waals surface area (Å²) >= 11 is 7.88. The van der Waals surface area contributed by atoms with Crippen LogP contribution in [0.1, 0.15) is 92.8 Å². The molecular weight excluding hydrogens is 824 g/mol. The Labute approximate surface area is 366 Å². The van der Waals surface area contributed by atoms with Gasteiger partial charge in [0.15, 0.2) is 5.82 Å². The number of carbonyl (C=O) groups is 4. The molecule has 4 heterocycles. The van der Waals surface area contributed by atoms with Gasteiger partial charge in [-0.05, 0) is 80.5 Å². The van der Waals surface area contributed by atoms with E-state index in [2.05, 4.69) is 29.4 Å². The fourth-order valence-electron chi connectivity index (χ4n) is 7.90. The number of aliphatic imine (C=N–C) groups is 1. The summed E-state index contributed by atoms with van der Waals surface area (Å²) in [5.74, 6) is 1.83. The van der Waals surface area contributed by atoms with Crippen LogP contribution in [0.15, 0.2) is 47.5 Å². The summed E-state index contributed by atoms with van der Waals surface area (Å²) in [6, 6.07) is 12.6. The molecule has 2 amide bonds. The Morgan fingerprint density at radius 1 is 0.867 bits per heavy atom. The van der Waals surface area contributed by atoms with E-state index in [1.807, 2.05) is 58.9 Å². The van der Waals surface area contributed by atoms with E-state index in [-0.39, 0.29) is 49.2 Å². The average molecular weight is 878 g/mol. The van der Waals surface area contributed by atoms with Gasteiger partial charge in [0.25, 0.3) is 5.91 Å². The van der Waals surface area contributed by atoms with Gasteiger partial charge >= 0.3 is 0 Å². The summed E-state index contributed by atoms with van der Waals surface area (Å²) in [4.78, 5) is 58.8. The summed E-state index contributed by atoms with van der Waals surface area (Å²) in [6.07, 6.45) is 3.42. The van der Waals surface area contributed by atoms with Crippen LogP contribution < -0.4 is 5.32 Å². The Hall–Kier alpha value is -4.25. The molecule has 0 spiro atoms. The number of ketones is 2. The maximum atomic E-state index is 13.2. The second-order valence-corrected chi connectivity index (χ2v) is 17.0. The van der Waals surface area contributed by atoms with Crippen LogP contribution in [0.25, 0.3) is 5.00 Å². The minimum atomic E-state index is -0.546. The van der Waals surface area contributed by atoms with Crippen molar-refractivity contribution in [1.29, 1.82) is 0 Å². The molecule has 16 heteroatoms. The first kappa shape index (κ1) is 45.3. The van der Waals surface area contributed by atoms with Crippen molar-refractivity contribution in [3.63, 3.8) is 0 Å². The van der Waals surface area contributed by atoms with E-state index in [1.165, 1.54) is 4.88 Å². The molecule has 1 atom stereocenters. The van der Waals surface area contributed by atoms with Gasteiger partial charge in [0.1, 0.15) is 28.4 Å². The summed E-state index contributed by atoms with van der Waals surface area (Å²) in [5.41, 5.74) is 6.49. The van der Waals surface area contributed by atoms with Crippen molar-refractivity contribution in [2.75, 3.05) is 59.3 Å². The number of benzene rings is 2. The van der Waals surface area contributed by atoms with Crippen LogP contribution >= 0.6 is 36.4 Å². The molecule has 7 rings (SSSR count). The smallest absolute Gasteiger partial charge is 0.253 e. The lowest BCUT2D eigenvalue weighted by Crippen LogP contribution is -2.39. The van der Waals surface area contributed by atoms with Crippen molar-refractivity contribution in [2.24, 2.45) is 10.9 Å². The van der Waals surface area contributed by atoms with Crippen molar-refractivity contribution in [2.45, 2.75) is 71.8 Å². The molecule has 4 aromatic rings. The van der Waals surface area contributed by atoms with Crippen molar-refractivity contribution in [1.82, 2.24) is 25.0 Å². The number of halogens is 1. The van der Waals surface area contributed by atoms with E-state index >= 15 is 0 Å². The first-order valence-corrected chi connectivity index (χ1v) is 21.6. The molecular formula is C44H53ClN6O7S2. The van der Waals surface area contributed by atoms with E-state index in [1.54, 1.807) is 11.3 Å². The number of aryl methyl sites for hydroxylation is 2. The molecule has 3 aliphatic rings. The van der Waals surface area contributed by atoms with Gasteiger partial charge in [-0.1, -0.05) is 29.8 Å². The second kappa shape index (κ2) is 21.0. The van der Waals surface area contributed by atoms with Crippen molar-refractivity contribution >= 4 is 65.5 Å². The number of amides is 2. The first-order valence-electron chi connectivity index (χ1n) is 20.4. The third-order valence-electron chi connectivity index (χ3n) is 11.2. The first-order chi connectivity index (χ1) is 28.5. The fourth-order valence-corrected chi connectivity index (χ4v) is 9.24. The van der Waals surface area contributed by atoms with Gasteiger partial charge in [0.2, 0.25) is 5.91 Å². The Kier molecular flexibility index (Phi) is 15.9. The minimum Gasteiger partial charge on any atom is -0.379 e. The highest BCUT2D eigenvalue weighted by atomic mass is 35.5. The Bertz CT molecular complexity index is 2210. The quantitative estimate of drug-likeness (QED) is 0.118. The number of nitrogens with zero attached hydrogens (tertiary/aromatic N) is 5. The standard InChI is InChI=1S/C44H51ClN6O7S.H2S/c1-27-28(2)59-44-40(27)41(31-6-8-35(45)9-7-31)47-38(42-49-48-29(3)51(42)44)26-39(54)46-13-17-57-19-21-58-20-18-56-16-12-36(52)22-30-10-14-50(15-11-30)43(55)33-5-4-32-24-37(53)25-34(32)23-33;/h4-9,23,30,38H,10-22,24-26H2,1-3H3,(H,46,54);1H2/t38-;/m0./s1. The van der Waals surface area contributed by atoms with Crippen LogP contribution in [-0.2, 0) is 41.4 Å². The topological polar surface area (TPSA) is 154 Å². The van der Waals surface area contributed by atoms with Gasteiger partial charge in [0.05, 0.1) is 51.8 Å². The number of hydrogen-bond acceptors (Lipinski definition) is 11. The highest BCUT2D eigenvalue weighted by Gasteiger charge is 2.33. The van der Waals surface area contributed by atoms with Gasteiger partial charge in [-0.15, -0.1) is 21.5 Å². The zero-order chi connectivity index (χ0) is 41.5. The Balaban J connectivity index is 0.00000604. The molecule has 0 saturated carbocycles. The van der Waals surface area contributed by atoms with Crippen molar-refractivity contribution in [3.05, 3.63) is 97.4 Å². The van der Waals surface area contributed by atoms with Gasteiger partial charge in [0, 0.05) is 71.9 Å². The molecule has 1 N–H and O–H groups in total. The fraction of sp³-hybridized carbons (Fsp3) is 0.477. The Morgan fingerprint density at radius 3 is 2.28 bits per heavy atom. The third kappa shape index (κ3) is 11.0. The van der Waals surface area contributed by atoms with E-state index in [9.17, 15) is 19.2 Å². The summed E-state index contributed by atoms with van der Waals surface area (Å²) in [5, 5.41) is 13.4. The zero-order valence-corrected chi connectivity index (χ0v) is 37.0. The number of thiophene rings is 1. The van der Waals surface area contributed by atoms with Crippen LogP contribution in [0.5, 0.6) is 0 Å². The molecule has 0 radical (unpaired) electrons. The highest BCUT2D eigenvalue weighted by Crippen LogP contribution is 2.39. The number of piperidine rings is 1. The number of likely N-dealkylation sites (tertiary alicyclic amines) is 1. The van der Waals surface area contributed by atoms with E-state index in [0.717, 1.165) is 57.2 Å². The molecule has 1 aliphatic carbocycles. The van der Waals surface area contributed by atoms with Crippen LogP contribution in [0.4, 0.5) is 0 Å². The molecule has 320 valence electrons. The number of hydrogen-bond donors (Lipinski definition) is 1. The maximum Gasteiger partial charge on any atom is 0.253 e. The summed E-state index contributed by atoms with van der Waals surface area (Å²) in [6.45, 7) is 9.88. The highest BCUT2D eigenvalue weighted by molar-refractivity contribution is 7.59. The van der Waals surface area contributed by atoms with E-state index in [4.69, 9.17) is 30.8 Å². The van der Waals surface area contributed by atoms with Crippen LogP contribution in [0.3, 0.4) is 0 Å². The molecule has 2 aliphatic heterocycles. The predicted molar refractivity (Wildman–Crippen MR) is 235 cm³/mol. The third-order valence-corrected chi connectivity index (χ3v) is 12.7. The summed E-state index contributed by atoms with van der Waals surface area (Å²) in [7, 11) is 0. The normalized spacial score (nSPS) is 16.1. The molecule has 0 unspecified atom stereocenters. The SMILES string of the molecule is Cc1sc2c(c1C)C(c1ccc(Cl)cc1)=N[C@@H](CC(=O)NCCOCCOCCOCCC(=O)CC1CCN(C(=O)c3ccc4c(c3)CC(=O)C4)CC1)c1nnc(C)n1-2.S. The average Bonchev–Trinajstić information content (AvgIpc) is 3.86. The second-order valence-electron chi connectivity index (χ2n) is 15.4. The molecule has 1 saturated heterocycles. The molecule has 60 heavy (non-hydrogen) atoms. The van der Waals surface area contributed by atoms with Gasteiger partial charge in [-0.25, -0.2) is 0 Å². The van der Waals surface area contributed by atoms with Crippen LogP contribution in [-0.4, -0.2) is 108 Å². The van der Waals surface area contributed by atoms with Crippen molar-refractivity contribution in [3.8, 4) is 5.00 Å². The molecule has 0 bridgehead atoms. The zero-order valence-electron chi connectivity index (χ0n) is 34.4. The monoisotopic (exact) mass is 876 g/mol. The van der Waals surface area contributed by atoms with Crippen LogP contribution in [0, 0.1) is 26.7 Å². The lowest BCUT2D eigenvalue weighted by Gasteiger charge is -2.32. The van der Waals surface area contributed by atoms with E-state index < -0.39 is 6.04 Å². The van der Waals surface area contributed by atoms with Gasteiger partial charge in [-0.2, -0.15) is 13.5 Å². The number of fused-ring (bicyclic) bond motifs is 4. The lowest BCUT2D eigenvalue weighted by atomic mass is 9.90. The minimum absolute atomic E-state index is 0. The largest absolute Gasteiger partial charge is 0.379 e. The lowest BCUT2D eigenvalue weighted by molar-refractivity contribution is -0.122. The number of ether oxygens (including phenoxy) is 3. The number of nitrogens with one attached hydrogen (secondary N) is 1. The molecule has 2 aromatic heterocycles. The molecule has 13 nitrogen and oxygen atoms in total. The van der Waals surface area contributed by atoms with Crippen molar-refractivity contribution < 1.29 is 33.4 Å². The maximum absolute atomic E-state index is 13.2. The summed E-state index contributed by atoms with van der Waals surface area (Å²) < 4.78 is 18.9. The van der Waals surface area contributed by atoms with Gasteiger partial charge < -0.3 is 24.4 Å². The number of aromatic nitrogens is 3. The van der Waals surface area contributed by atoms with Crippen LogP contribution in [0.2, 0.25) is 5.02 Å². The number of Topliss-reactive ketones (excluding diaryl/α,β-unsaturated/α-hetero) is 2. The van der Waals surface area contributed by atoms with Gasteiger partial charge in [-0.3, -0.25) is 28.7 Å².